The minimum absolute atomic E-state index is 0.00270. The summed E-state index contributed by atoms with van der Waals surface area (Å²) in [7, 11) is 0. The Kier molecular flexibility index (Phi) is 5.90. The first-order chi connectivity index (χ1) is 11.9. The van der Waals surface area contributed by atoms with E-state index in [0.29, 0.717) is 6.42 Å². The lowest BCUT2D eigenvalue weighted by Gasteiger charge is -2.11. The number of nitrogens with two attached hydrogens (primary N) is 1. The van der Waals surface area contributed by atoms with Gasteiger partial charge in [-0.2, -0.15) is 4.39 Å². The van der Waals surface area contributed by atoms with E-state index < -0.39 is 17.7 Å². The number of carbonyl (C=O) groups is 1. The Balaban J connectivity index is 2.18. The molecule has 25 heavy (non-hydrogen) atoms. The Morgan fingerprint density at radius 2 is 2.16 bits per heavy atom. The number of rotatable bonds is 5. The molecule has 0 fully saturated rings. The topological polar surface area (TPSA) is 77.2 Å². The second-order valence-electron chi connectivity index (χ2n) is 5.13. The maximum absolute atomic E-state index is 14.4. The van der Waals surface area contributed by atoms with E-state index in [1.807, 2.05) is 0 Å². The lowest BCUT2D eigenvalue weighted by molar-refractivity contribution is 0.102. The Morgan fingerprint density at radius 3 is 2.88 bits per heavy atom. The Bertz CT molecular complexity index is 857. The molecule has 0 saturated carbocycles. The number of hydrogen-bond donors (Lipinski definition) is 2. The number of ether oxygens (including phenoxy) is 1. The van der Waals surface area contributed by atoms with Gasteiger partial charge in [0.25, 0.3) is 5.91 Å². The van der Waals surface area contributed by atoms with E-state index >= 15 is 0 Å². The fourth-order valence-corrected chi connectivity index (χ4v) is 2.03. The molecule has 7 heteroatoms. The number of aryl methyl sites for hydroxylation is 1. The number of benzene rings is 1. The van der Waals surface area contributed by atoms with E-state index in [0.717, 1.165) is 0 Å². The molecule has 1 aromatic heterocycles. The SMILES string of the molecule is CC#CCCOc1cccc(NC(=O)c2cc(C)c(F)nc2N)c1F. The normalized spacial score (nSPS) is 9.92. The molecule has 0 radical (unpaired) electrons. The van der Waals surface area contributed by atoms with Crippen LogP contribution in [0.15, 0.2) is 24.3 Å². The molecule has 0 unspecified atom stereocenters. The third-order valence-electron chi connectivity index (χ3n) is 3.30. The van der Waals surface area contributed by atoms with E-state index in [9.17, 15) is 13.6 Å². The van der Waals surface area contributed by atoms with Crippen LogP contribution >= 0.6 is 0 Å². The second kappa shape index (κ2) is 8.11. The molecule has 0 aliphatic rings. The summed E-state index contributed by atoms with van der Waals surface area (Å²) in [6.07, 6.45) is 0.462. The first-order valence-corrected chi connectivity index (χ1v) is 7.49. The number of aromatic nitrogens is 1. The first kappa shape index (κ1) is 18.2. The van der Waals surface area contributed by atoms with Gasteiger partial charge in [-0.05, 0) is 32.0 Å². The van der Waals surface area contributed by atoms with Crippen molar-refractivity contribution in [2.75, 3.05) is 17.7 Å². The molecular weight excluding hydrogens is 328 g/mol. The van der Waals surface area contributed by atoms with E-state index in [2.05, 4.69) is 22.1 Å². The van der Waals surface area contributed by atoms with Crippen LogP contribution in [0, 0.1) is 30.5 Å². The van der Waals surface area contributed by atoms with Crippen molar-refractivity contribution in [3.05, 3.63) is 47.2 Å². The molecule has 0 saturated heterocycles. The fourth-order valence-electron chi connectivity index (χ4n) is 2.03. The summed E-state index contributed by atoms with van der Waals surface area (Å²) in [5.41, 5.74) is 5.61. The highest BCUT2D eigenvalue weighted by molar-refractivity contribution is 6.07. The molecule has 0 aliphatic carbocycles. The number of halogens is 2. The zero-order chi connectivity index (χ0) is 18.4. The largest absolute Gasteiger partial charge is 0.489 e. The summed E-state index contributed by atoms with van der Waals surface area (Å²) in [4.78, 5) is 15.7. The van der Waals surface area contributed by atoms with Crippen molar-refractivity contribution in [2.24, 2.45) is 0 Å². The lowest BCUT2D eigenvalue weighted by atomic mass is 10.1. The highest BCUT2D eigenvalue weighted by Crippen LogP contribution is 2.25. The first-order valence-electron chi connectivity index (χ1n) is 7.49. The molecule has 1 amide bonds. The maximum Gasteiger partial charge on any atom is 0.259 e. The smallest absolute Gasteiger partial charge is 0.259 e. The van der Waals surface area contributed by atoms with Gasteiger partial charge < -0.3 is 15.8 Å². The van der Waals surface area contributed by atoms with Crippen LogP contribution in [0.3, 0.4) is 0 Å². The van der Waals surface area contributed by atoms with Gasteiger partial charge in [0.2, 0.25) is 5.95 Å². The van der Waals surface area contributed by atoms with E-state index in [-0.39, 0.29) is 35.0 Å². The number of anilines is 2. The zero-order valence-electron chi connectivity index (χ0n) is 13.8. The number of amides is 1. The van der Waals surface area contributed by atoms with Crippen molar-refractivity contribution < 1.29 is 18.3 Å². The average Bonchev–Trinajstić information content (AvgIpc) is 2.58. The van der Waals surface area contributed by atoms with Crippen molar-refractivity contribution in [2.45, 2.75) is 20.3 Å². The van der Waals surface area contributed by atoms with E-state index in [1.54, 1.807) is 6.92 Å². The van der Waals surface area contributed by atoms with Crippen LogP contribution in [0.25, 0.3) is 0 Å². The molecule has 0 atom stereocenters. The summed E-state index contributed by atoms with van der Waals surface area (Å²) < 4.78 is 33.1. The monoisotopic (exact) mass is 345 g/mol. The van der Waals surface area contributed by atoms with Crippen molar-refractivity contribution in [3.8, 4) is 17.6 Å². The molecule has 1 heterocycles. The fraction of sp³-hybridized carbons (Fsp3) is 0.222. The lowest BCUT2D eigenvalue weighted by Crippen LogP contribution is -2.17. The molecule has 2 rings (SSSR count). The Morgan fingerprint density at radius 1 is 1.40 bits per heavy atom. The molecule has 3 N–H and O–H groups in total. The number of pyridine rings is 1. The molecule has 1 aromatic carbocycles. The molecular formula is C18H17F2N3O2. The third-order valence-corrected chi connectivity index (χ3v) is 3.30. The Labute approximate surface area is 144 Å². The molecule has 0 aliphatic heterocycles. The maximum atomic E-state index is 14.4. The minimum atomic E-state index is -0.759. The minimum Gasteiger partial charge on any atom is -0.489 e. The van der Waals surface area contributed by atoms with Gasteiger partial charge in [0.1, 0.15) is 5.82 Å². The van der Waals surface area contributed by atoms with Crippen LogP contribution in [-0.2, 0) is 0 Å². The zero-order valence-corrected chi connectivity index (χ0v) is 13.8. The molecule has 0 bridgehead atoms. The van der Waals surface area contributed by atoms with Crippen LogP contribution in [0.4, 0.5) is 20.3 Å². The number of nitrogens with zero attached hydrogens (tertiary/aromatic N) is 1. The second-order valence-corrected chi connectivity index (χ2v) is 5.13. The molecule has 130 valence electrons. The number of nitrogen functional groups attached to an aromatic ring is 1. The van der Waals surface area contributed by atoms with Gasteiger partial charge in [-0.15, -0.1) is 11.8 Å². The average molecular weight is 345 g/mol. The van der Waals surface area contributed by atoms with Crippen LogP contribution in [0.5, 0.6) is 5.75 Å². The highest BCUT2D eigenvalue weighted by atomic mass is 19.1. The highest BCUT2D eigenvalue weighted by Gasteiger charge is 2.17. The van der Waals surface area contributed by atoms with Crippen molar-refractivity contribution in [1.82, 2.24) is 4.98 Å². The number of nitrogens with one attached hydrogen (secondary N) is 1. The summed E-state index contributed by atoms with van der Waals surface area (Å²) in [5, 5.41) is 2.39. The summed E-state index contributed by atoms with van der Waals surface area (Å²) in [6.45, 7) is 3.38. The van der Waals surface area contributed by atoms with Crippen LogP contribution < -0.4 is 15.8 Å². The van der Waals surface area contributed by atoms with Crippen LogP contribution in [0.1, 0.15) is 29.3 Å². The van der Waals surface area contributed by atoms with Gasteiger partial charge in [0.15, 0.2) is 11.6 Å². The van der Waals surface area contributed by atoms with E-state index in [1.165, 1.54) is 31.2 Å². The van der Waals surface area contributed by atoms with Gasteiger partial charge in [-0.1, -0.05) is 6.07 Å². The summed E-state index contributed by atoms with van der Waals surface area (Å²) in [5.74, 6) is 3.07. The third kappa shape index (κ3) is 4.44. The van der Waals surface area contributed by atoms with Crippen molar-refractivity contribution in [1.29, 1.82) is 0 Å². The number of hydrogen-bond acceptors (Lipinski definition) is 4. The van der Waals surface area contributed by atoms with Crippen molar-refractivity contribution >= 4 is 17.4 Å². The Hall–Kier alpha value is -3.14. The van der Waals surface area contributed by atoms with Crippen LogP contribution in [0.2, 0.25) is 0 Å². The standard InChI is InChI=1S/C18H17F2N3O2/c1-3-4-5-9-25-14-8-6-7-13(15(14)19)22-18(24)12-10-11(2)16(20)23-17(12)21/h6-8,10H,5,9H2,1-2H3,(H2,21,23)(H,22,24). The summed E-state index contributed by atoms with van der Waals surface area (Å²) in [6, 6.07) is 5.62. The predicted molar refractivity (Wildman–Crippen MR) is 91.3 cm³/mol. The molecule has 0 spiro atoms. The van der Waals surface area contributed by atoms with Gasteiger partial charge in [0.05, 0.1) is 17.9 Å². The summed E-state index contributed by atoms with van der Waals surface area (Å²) >= 11 is 0. The van der Waals surface area contributed by atoms with Crippen molar-refractivity contribution in [3.63, 3.8) is 0 Å². The van der Waals surface area contributed by atoms with Gasteiger partial charge in [-0.3, -0.25) is 4.79 Å². The molecule has 2 aromatic rings. The number of carbonyl (C=O) groups excluding carboxylic acids is 1. The van der Waals surface area contributed by atoms with Gasteiger partial charge in [-0.25, -0.2) is 9.37 Å². The predicted octanol–water partition coefficient (Wildman–Crippen LogP) is 3.29. The molecule has 5 nitrogen and oxygen atoms in total. The van der Waals surface area contributed by atoms with Gasteiger partial charge in [0, 0.05) is 12.0 Å². The quantitative estimate of drug-likeness (QED) is 0.495. The van der Waals surface area contributed by atoms with Crippen LogP contribution in [-0.4, -0.2) is 17.5 Å². The van der Waals surface area contributed by atoms with E-state index in [4.69, 9.17) is 10.5 Å². The van der Waals surface area contributed by atoms with Gasteiger partial charge >= 0.3 is 0 Å².